The van der Waals surface area contributed by atoms with Crippen molar-refractivity contribution >= 4 is 15.9 Å². The van der Waals surface area contributed by atoms with Gasteiger partial charge in [-0.2, -0.15) is 5.26 Å². The quantitative estimate of drug-likeness (QED) is 0.722. The summed E-state index contributed by atoms with van der Waals surface area (Å²) in [6.45, 7) is 4.97. The maximum Gasteiger partial charge on any atom is 0.252 e. The minimum absolute atomic E-state index is 0.0183. The summed E-state index contributed by atoms with van der Waals surface area (Å²) < 4.78 is 60.1. The second kappa shape index (κ2) is 8.77. The predicted molar refractivity (Wildman–Crippen MR) is 105 cm³/mol. The van der Waals surface area contributed by atoms with Gasteiger partial charge in [0, 0.05) is 22.7 Å². The zero-order chi connectivity index (χ0) is 22.7. The van der Waals surface area contributed by atoms with Gasteiger partial charge in [0.05, 0.1) is 13.2 Å². The van der Waals surface area contributed by atoms with Gasteiger partial charge in [-0.05, 0) is 45.0 Å². The molecule has 0 saturated heterocycles. The Labute approximate surface area is 173 Å². The highest BCUT2D eigenvalue weighted by molar-refractivity contribution is 7.89. The highest BCUT2D eigenvalue weighted by Crippen LogP contribution is 2.26. The summed E-state index contributed by atoms with van der Waals surface area (Å²) in [4.78, 5) is 12.3. The van der Waals surface area contributed by atoms with Crippen molar-refractivity contribution in [2.45, 2.75) is 37.2 Å². The molecular weight excluding hydrogens is 416 g/mol. The molecule has 0 bridgehead atoms. The van der Waals surface area contributed by atoms with E-state index in [4.69, 9.17) is 4.74 Å². The van der Waals surface area contributed by atoms with Crippen molar-refractivity contribution in [3.8, 4) is 11.8 Å². The van der Waals surface area contributed by atoms with Crippen molar-refractivity contribution < 1.29 is 26.7 Å². The Bertz CT molecular complexity index is 1110. The summed E-state index contributed by atoms with van der Waals surface area (Å²) in [6.07, 6.45) is 0. The van der Waals surface area contributed by atoms with Gasteiger partial charge in [0.2, 0.25) is 10.0 Å². The van der Waals surface area contributed by atoms with Crippen LogP contribution in [0.3, 0.4) is 0 Å². The van der Waals surface area contributed by atoms with E-state index in [2.05, 4.69) is 10.0 Å². The number of hydrogen-bond donors (Lipinski definition) is 2. The van der Waals surface area contributed by atoms with E-state index in [1.807, 2.05) is 0 Å². The lowest BCUT2D eigenvalue weighted by Crippen LogP contribution is -2.40. The van der Waals surface area contributed by atoms with Gasteiger partial charge in [-0.3, -0.25) is 4.79 Å². The Balaban J connectivity index is 2.39. The first-order chi connectivity index (χ1) is 13.9. The fraction of sp³-hybridized carbons (Fsp3) is 0.300. The summed E-state index contributed by atoms with van der Waals surface area (Å²) in [7, 11) is -2.75. The SMILES string of the molecule is COc1ccc(C(=O)NC(C#N)c2ccc(F)cc2F)cc1S(=O)(=O)NC(C)(C)C. The largest absolute Gasteiger partial charge is 0.495 e. The van der Waals surface area contributed by atoms with E-state index in [0.29, 0.717) is 6.07 Å². The van der Waals surface area contributed by atoms with Crippen molar-refractivity contribution in [1.29, 1.82) is 5.26 Å². The van der Waals surface area contributed by atoms with Crippen LogP contribution in [0, 0.1) is 23.0 Å². The van der Waals surface area contributed by atoms with E-state index in [9.17, 15) is 27.3 Å². The van der Waals surface area contributed by atoms with Crippen LogP contribution < -0.4 is 14.8 Å². The molecule has 2 N–H and O–H groups in total. The molecule has 2 aromatic rings. The molecule has 0 aliphatic heterocycles. The maximum atomic E-state index is 14.0. The Hall–Kier alpha value is -3.03. The molecule has 0 aliphatic carbocycles. The first kappa shape index (κ1) is 23.3. The average molecular weight is 437 g/mol. The van der Waals surface area contributed by atoms with Crippen molar-refractivity contribution in [2.24, 2.45) is 0 Å². The van der Waals surface area contributed by atoms with Crippen LogP contribution in [0.5, 0.6) is 5.75 Å². The highest BCUT2D eigenvalue weighted by atomic mass is 32.2. The number of halogens is 2. The Morgan fingerprint density at radius 2 is 1.83 bits per heavy atom. The molecule has 2 aromatic carbocycles. The highest BCUT2D eigenvalue weighted by Gasteiger charge is 2.27. The zero-order valence-electron chi connectivity index (χ0n) is 16.8. The second-order valence-electron chi connectivity index (χ2n) is 7.42. The molecule has 0 fully saturated rings. The van der Waals surface area contributed by atoms with E-state index in [1.54, 1.807) is 26.8 Å². The molecule has 160 valence electrons. The number of hydrogen-bond acceptors (Lipinski definition) is 5. The van der Waals surface area contributed by atoms with Crippen LogP contribution >= 0.6 is 0 Å². The molecule has 7 nitrogen and oxygen atoms in total. The number of amides is 1. The van der Waals surface area contributed by atoms with Gasteiger partial charge < -0.3 is 10.1 Å². The third kappa shape index (κ3) is 5.52. The van der Waals surface area contributed by atoms with Crippen molar-refractivity contribution in [3.05, 3.63) is 59.2 Å². The minimum Gasteiger partial charge on any atom is -0.495 e. The van der Waals surface area contributed by atoms with Crippen LogP contribution in [-0.4, -0.2) is 27.0 Å². The molecule has 0 heterocycles. The molecule has 2 rings (SSSR count). The molecule has 0 saturated carbocycles. The van der Waals surface area contributed by atoms with E-state index < -0.39 is 39.1 Å². The molecule has 1 unspecified atom stereocenters. The van der Waals surface area contributed by atoms with E-state index >= 15 is 0 Å². The first-order valence-corrected chi connectivity index (χ1v) is 10.2. The summed E-state index contributed by atoms with van der Waals surface area (Å²) in [6, 6.07) is 6.63. The maximum absolute atomic E-state index is 14.0. The molecule has 0 aromatic heterocycles. The molecule has 30 heavy (non-hydrogen) atoms. The van der Waals surface area contributed by atoms with E-state index in [-0.39, 0.29) is 21.8 Å². The summed E-state index contributed by atoms with van der Waals surface area (Å²) in [5.41, 5.74) is -1.09. The molecule has 0 spiro atoms. The normalized spacial score (nSPS) is 12.7. The fourth-order valence-corrected chi connectivity index (χ4v) is 4.23. The topological polar surface area (TPSA) is 108 Å². The standard InChI is InChI=1S/C20H21F2N3O4S/c1-20(2,3)25-30(27,28)18-9-12(5-8-17(18)29-4)19(26)24-16(11-23)14-7-6-13(21)10-15(14)22/h5-10,16,25H,1-4H3,(H,24,26). The van der Waals surface area contributed by atoms with Gasteiger partial charge >= 0.3 is 0 Å². The third-order valence-corrected chi connectivity index (χ3v) is 5.61. The van der Waals surface area contributed by atoms with Crippen molar-refractivity contribution in [2.75, 3.05) is 7.11 Å². The summed E-state index contributed by atoms with van der Waals surface area (Å²) >= 11 is 0. The molecular formula is C20H21F2N3O4S. The molecule has 10 heteroatoms. The molecule has 1 amide bonds. The first-order valence-electron chi connectivity index (χ1n) is 8.75. The number of nitriles is 1. The van der Waals surface area contributed by atoms with Crippen molar-refractivity contribution in [1.82, 2.24) is 10.0 Å². The van der Waals surface area contributed by atoms with Crippen LogP contribution in [-0.2, 0) is 10.0 Å². The lowest BCUT2D eigenvalue weighted by molar-refractivity contribution is 0.0944. The second-order valence-corrected chi connectivity index (χ2v) is 9.07. The number of benzene rings is 2. The van der Waals surface area contributed by atoms with Crippen molar-refractivity contribution in [3.63, 3.8) is 0 Å². The Morgan fingerprint density at radius 1 is 1.17 bits per heavy atom. The predicted octanol–water partition coefficient (Wildman–Crippen LogP) is 3.04. The van der Waals surface area contributed by atoms with Crippen LogP contribution in [0.15, 0.2) is 41.3 Å². The number of sulfonamides is 1. The van der Waals surface area contributed by atoms with Crippen LogP contribution in [0.2, 0.25) is 0 Å². The van der Waals surface area contributed by atoms with Crippen LogP contribution in [0.4, 0.5) is 8.78 Å². The van der Waals surface area contributed by atoms with Crippen LogP contribution in [0.1, 0.15) is 42.7 Å². The van der Waals surface area contributed by atoms with Gasteiger partial charge in [-0.1, -0.05) is 6.07 Å². The number of nitrogens with zero attached hydrogens (tertiary/aromatic N) is 1. The van der Waals surface area contributed by atoms with Gasteiger partial charge in [-0.15, -0.1) is 0 Å². The Kier molecular flexibility index (Phi) is 6.80. The summed E-state index contributed by atoms with van der Waals surface area (Å²) in [5, 5.41) is 11.6. The molecule has 0 radical (unpaired) electrons. The zero-order valence-corrected chi connectivity index (χ0v) is 17.6. The summed E-state index contributed by atoms with van der Waals surface area (Å²) in [5.74, 6) is -2.62. The van der Waals surface area contributed by atoms with Gasteiger partial charge in [0.15, 0.2) is 0 Å². The Morgan fingerprint density at radius 3 is 2.37 bits per heavy atom. The van der Waals surface area contributed by atoms with E-state index in [1.165, 1.54) is 19.2 Å². The number of nitrogens with one attached hydrogen (secondary N) is 2. The smallest absolute Gasteiger partial charge is 0.252 e. The monoisotopic (exact) mass is 437 g/mol. The number of rotatable bonds is 6. The lowest BCUT2D eigenvalue weighted by Gasteiger charge is -2.21. The molecule has 1 atom stereocenters. The number of methoxy groups -OCH3 is 1. The number of ether oxygens (including phenoxy) is 1. The van der Waals surface area contributed by atoms with Crippen LogP contribution in [0.25, 0.3) is 0 Å². The fourth-order valence-electron chi connectivity index (χ4n) is 2.62. The average Bonchev–Trinajstić information content (AvgIpc) is 2.64. The lowest BCUT2D eigenvalue weighted by atomic mass is 10.1. The number of carbonyl (C=O) groups is 1. The molecule has 0 aliphatic rings. The van der Waals surface area contributed by atoms with Gasteiger partial charge in [-0.25, -0.2) is 21.9 Å². The minimum atomic E-state index is -4.04. The van der Waals surface area contributed by atoms with Gasteiger partial charge in [0.1, 0.15) is 28.3 Å². The van der Waals surface area contributed by atoms with E-state index in [0.717, 1.165) is 18.2 Å². The third-order valence-electron chi connectivity index (χ3n) is 3.83. The number of carbonyl (C=O) groups excluding carboxylic acids is 1. The van der Waals surface area contributed by atoms with Gasteiger partial charge in [0.25, 0.3) is 5.91 Å².